The predicted octanol–water partition coefficient (Wildman–Crippen LogP) is 2.08. The molecule has 0 aliphatic rings. The third-order valence-electron chi connectivity index (χ3n) is 1.93. The first kappa shape index (κ1) is 13.4. The zero-order chi connectivity index (χ0) is 11.0. The Kier molecular flexibility index (Phi) is 7.45. The molecule has 0 bridgehead atoms. The minimum Gasteiger partial charge on any atom is -0.376 e. The number of nitriles is 1. The van der Waals surface area contributed by atoms with Crippen LogP contribution in [-0.4, -0.2) is 24.8 Å². The summed E-state index contributed by atoms with van der Waals surface area (Å²) in [6.07, 6.45) is 2.43. The van der Waals surface area contributed by atoms with Crippen LogP contribution in [0.5, 0.6) is 0 Å². The number of ether oxygens (including phenoxy) is 1. The summed E-state index contributed by atoms with van der Waals surface area (Å²) in [5, 5.41) is 12.0. The molecule has 0 aliphatic carbocycles. The summed E-state index contributed by atoms with van der Waals surface area (Å²) < 4.78 is 5.55. The average molecular weight is 198 g/mol. The van der Waals surface area contributed by atoms with Gasteiger partial charge in [0.05, 0.1) is 18.8 Å². The first-order chi connectivity index (χ1) is 6.60. The van der Waals surface area contributed by atoms with Crippen LogP contribution in [0.3, 0.4) is 0 Å². The fourth-order valence-corrected chi connectivity index (χ4v) is 1.28. The molecule has 3 heteroatoms. The SMILES string of the molecule is CCCC(C)OCC(C#N)NC(C)C. The molecule has 0 saturated carbocycles. The van der Waals surface area contributed by atoms with Crippen molar-refractivity contribution in [3.63, 3.8) is 0 Å². The smallest absolute Gasteiger partial charge is 0.119 e. The second-order valence-corrected chi connectivity index (χ2v) is 3.94. The van der Waals surface area contributed by atoms with Crippen LogP contribution in [0.4, 0.5) is 0 Å². The minimum atomic E-state index is -0.186. The second kappa shape index (κ2) is 7.78. The molecule has 0 fully saturated rings. The lowest BCUT2D eigenvalue weighted by molar-refractivity contribution is 0.0514. The molecule has 0 radical (unpaired) electrons. The van der Waals surface area contributed by atoms with E-state index in [4.69, 9.17) is 10.00 Å². The van der Waals surface area contributed by atoms with Crippen molar-refractivity contribution in [2.45, 2.75) is 58.7 Å². The van der Waals surface area contributed by atoms with Crippen molar-refractivity contribution in [2.24, 2.45) is 0 Å². The van der Waals surface area contributed by atoms with E-state index in [1.54, 1.807) is 0 Å². The molecule has 82 valence electrons. The summed E-state index contributed by atoms with van der Waals surface area (Å²) in [6, 6.07) is 2.33. The first-order valence-corrected chi connectivity index (χ1v) is 5.37. The topological polar surface area (TPSA) is 45.0 Å². The standard InChI is InChI=1S/C11H22N2O/c1-5-6-10(4)14-8-11(7-12)13-9(2)3/h9-11,13H,5-6,8H2,1-4H3. The summed E-state index contributed by atoms with van der Waals surface area (Å²) in [6.45, 7) is 8.72. The van der Waals surface area contributed by atoms with Gasteiger partial charge >= 0.3 is 0 Å². The number of rotatable bonds is 7. The van der Waals surface area contributed by atoms with E-state index in [2.05, 4.69) is 18.3 Å². The Labute approximate surface area is 87.4 Å². The van der Waals surface area contributed by atoms with E-state index in [9.17, 15) is 0 Å². The highest BCUT2D eigenvalue weighted by molar-refractivity contribution is 4.90. The van der Waals surface area contributed by atoms with E-state index in [-0.39, 0.29) is 12.1 Å². The van der Waals surface area contributed by atoms with Gasteiger partial charge in [0.2, 0.25) is 0 Å². The van der Waals surface area contributed by atoms with E-state index >= 15 is 0 Å². The van der Waals surface area contributed by atoms with Crippen molar-refractivity contribution in [3.8, 4) is 6.07 Å². The highest BCUT2D eigenvalue weighted by Gasteiger charge is 2.10. The molecule has 0 heterocycles. The number of hydrogen-bond acceptors (Lipinski definition) is 3. The van der Waals surface area contributed by atoms with E-state index in [0.29, 0.717) is 12.6 Å². The fraction of sp³-hybridized carbons (Fsp3) is 0.909. The van der Waals surface area contributed by atoms with E-state index < -0.39 is 0 Å². The molecule has 0 amide bonds. The maximum absolute atomic E-state index is 8.83. The van der Waals surface area contributed by atoms with Gasteiger partial charge in [0, 0.05) is 6.04 Å². The maximum atomic E-state index is 8.83. The van der Waals surface area contributed by atoms with Crippen LogP contribution in [0.2, 0.25) is 0 Å². The van der Waals surface area contributed by atoms with Gasteiger partial charge in [0.15, 0.2) is 0 Å². The molecule has 3 nitrogen and oxygen atoms in total. The Morgan fingerprint density at radius 3 is 2.43 bits per heavy atom. The monoisotopic (exact) mass is 198 g/mol. The summed E-state index contributed by atoms with van der Waals surface area (Å²) in [7, 11) is 0. The van der Waals surface area contributed by atoms with Crippen LogP contribution in [-0.2, 0) is 4.74 Å². The van der Waals surface area contributed by atoms with Crippen LogP contribution >= 0.6 is 0 Å². The third kappa shape index (κ3) is 6.88. The largest absolute Gasteiger partial charge is 0.376 e. The summed E-state index contributed by atoms with van der Waals surface area (Å²) in [4.78, 5) is 0. The highest BCUT2D eigenvalue weighted by atomic mass is 16.5. The second-order valence-electron chi connectivity index (χ2n) is 3.94. The van der Waals surface area contributed by atoms with Crippen molar-refractivity contribution in [1.29, 1.82) is 5.26 Å². The van der Waals surface area contributed by atoms with Gasteiger partial charge < -0.3 is 4.74 Å². The van der Waals surface area contributed by atoms with Gasteiger partial charge in [0.25, 0.3) is 0 Å². The van der Waals surface area contributed by atoms with Crippen molar-refractivity contribution >= 4 is 0 Å². The number of nitrogens with one attached hydrogen (secondary N) is 1. The Morgan fingerprint density at radius 2 is 2.00 bits per heavy atom. The van der Waals surface area contributed by atoms with Gasteiger partial charge in [-0.15, -0.1) is 0 Å². The summed E-state index contributed by atoms with van der Waals surface area (Å²) in [5.41, 5.74) is 0. The Hall–Kier alpha value is -0.590. The third-order valence-corrected chi connectivity index (χ3v) is 1.93. The normalized spacial score (nSPS) is 15.1. The zero-order valence-electron chi connectivity index (χ0n) is 9.71. The van der Waals surface area contributed by atoms with Crippen LogP contribution in [0.15, 0.2) is 0 Å². The number of hydrogen-bond donors (Lipinski definition) is 1. The first-order valence-electron chi connectivity index (χ1n) is 5.37. The Balaban J connectivity index is 3.68. The quantitative estimate of drug-likeness (QED) is 0.681. The predicted molar refractivity (Wildman–Crippen MR) is 58.0 cm³/mol. The van der Waals surface area contributed by atoms with Crippen LogP contribution in [0.1, 0.15) is 40.5 Å². The van der Waals surface area contributed by atoms with Gasteiger partial charge in [-0.2, -0.15) is 5.26 Å². The van der Waals surface area contributed by atoms with Crippen LogP contribution < -0.4 is 5.32 Å². The van der Waals surface area contributed by atoms with Gasteiger partial charge in [0.1, 0.15) is 6.04 Å². The highest BCUT2D eigenvalue weighted by Crippen LogP contribution is 2.01. The van der Waals surface area contributed by atoms with Crippen LogP contribution in [0.25, 0.3) is 0 Å². The minimum absolute atomic E-state index is 0.186. The molecule has 0 rings (SSSR count). The summed E-state index contributed by atoms with van der Waals surface area (Å²) >= 11 is 0. The molecule has 0 aromatic heterocycles. The Morgan fingerprint density at radius 1 is 1.36 bits per heavy atom. The van der Waals surface area contributed by atoms with Crippen LogP contribution in [0, 0.1) is 11.3 Å². The van der Waals surface area contributed by atoms with E-state index in [0.717, 1.165) is 12.8 Å². The molecule has 0 aromatic rings. The van der Waals surface area contributed by atoms with Crippen molar-refractivity contribution in [1.82, 2.24) is 5.32 Å². The maximum Gasteiger partial charge on any atom is 0.119 e. The van der Waals surface area contributed by atoms with E-state index in [1.165, 1.54) is 0 Å². The summed E-state index contributed by atoms with van der Waals surface area (Å²) in [5.74, 6) is 0. The number of nitrogens with zero attached hydrogens (tertiary/aromatic N) is 1. The van der Waals surface area contributed by atoms with Gasteiger partial charge in [-0.25, -0.2) is 0 Å². The lowest BCUT2D eigenvalue weighted by atomic mass is 10.2. The molecule has 0 spiro atoms. The van der Waals surface area contributed by atoms with Crippen molar-refractivity contribution < 1.29 is 4.74 Å². The zero-order valence-corrected chi connectivity index (χ0v) is 9.71. The van der Waals surface area contributed by atoms with Gasteiger partial charge in [-0.05, 0) is 27.2 Å². The van der Waals surface area contributed by atoms with E-state index in [1.807, 2.05) is 20.8 Å². The molecule has 14 heavy (non-hydrogen) atoms. The van der Waals surface area contributed by atoms with Gasteiger partial charge in [-0.1, -0.05) is 13.3 Å². The Bertz CT molecular complexity index is 175. The molecular weight excluding hydrogens is 176 g/mol. The molecule has 1 N–H and O–H groups in total. The lowest BCUT2D eigenvalue weighted by Crippen LogP contribution is -2.37. The van der Waals surface area contributed by atoms with Crippen molar-refractivity contribution in [3.05, 3.63) is 0 Å². The fourth-order valence-electron chi connectivity index (χ4n) is 1.28. The molecule has 0 aliphatic heterocycles. The van der Waals surface area contributed by atoms with Crippen molar-refractivity contribution in [2.75, 3.05) is 6.61 Å². The average Bonchev–Trinajstić information content (AvgIpc) is 2.12. The lowest BCUT2D eigenvalue weighted by Gasteiger charge is -2.17. The molecule has 2 atom stereocenters. The molecular formula is C11H22N2O. The van der Waals surface area contributed by atoms with Gasteiger partial charge in [-0.3, -0.25) is 5.32 Å². The molecule has 0 aromatic carbocycles. The molecule has 2 unspecified atom stereocenters. The molecule has 0 saturated heterocycles.